The van der Waals surface area contributed by atoms with Crippen LogP contribution in [-0.2, 0) is 22.6 Å². The van der Waals surface area contributed by atoms with Crippen LogP contribution in [0.25, 0.3) is 22.6 Å². The van der Waals surface area contributed by atoms with Crippen molar-refractivity contribution in [1.82, 2.24) is 24.4 Å². The number of methoxy groups -OCH3 is 1. The van der Waals surface area contributed by atoms with Gasteiger partial charge in [0, 0.05) is 74.8 Å². The number of rotatable bonds is 10. The molecule has 0 atom stereocenters. The summed E-state index contributed by atoms with van der Waals surface area (Å²) < 4.78 is 19.4. The van der Waals surface area contributed by atoms with E-state index in [4.69, 9.17) is 14.7 Å². The van der Waals surface area contributed by atoms with Crippen LogP contribution in [0.4, 0.5) is 23.0 Å². The zero-order chi connectivity index (χ0) is 28.9. The Kier molecular flexibility index (Phi) is 8.60. The Hall–Kier alpha value is -4.29. The Balaban J connectivity index is 1.42. The minimum atomic E-state index is -0.715. The molecular weight excluding hydrogens is 540 g/mol. The number of aryl methyl sites for hydroxylation is 1. The molecule has 12 heteroatoms. The molecule has 0 aliphatic carbocycles. The van der Waals surface area contributed by atoms with Crippen molar-refractivity contribution < 1.29 is 13.7 Å². The van der Waals surface area contributed by atoms with E-state index < -0.39 is 10.8 Å². The second kappa shape index (κ2) is 12.5. The van der Waals surface area contributed by atoms with Gasteiger partial charge in [-0.25, -0.2) is 15.0 Å². The van der Waals surface area contributed by atoms with Gasteiger partial charge in [-0.05, 0) is 30.3 Å². The first-order chi connectivity index (χ1) is 19.9. The van der Waals surface area contributed by atoms with E-state index in [9.17, 15) is 9.00 Å². The van der Waals surface area contributed by atoms with Gasteiger partial charge in [-0.2, -0.15) is 0 Å². The molecule has 0 spiro atoms. The van der Waals surface area contributed by atoms with Gasteiger partial charge in [-0.15, -0.1) is 0 Å². The number of likely N-dealkylation sites (N-methyl/N-ethyl adjacent to an activating group) is 1. The number of nitrogens with zero attached hydrogens (tertiary/aromatic N) is 6. The van der Waals surface area contributed by atoms with Gasteiger partial charge < -0.3 is 24.8 Å². The van der Waals surface area contributed by atoms with Crippen molar-refractivity contribution in [3.63, 3.8) is 0 Å². The fourth-order valence-corrected chi connectivity index (χ4v) is 5.91. The van der Waals surface area contributed by atoms with Gasteiger partial charge in [-0.3, -0.25) is 13.9 Å². The zero-order valence-electron chi connectivity index (χ0n) is 23.5. The average Bonchev–Trinajstić information content (AvgIpc) is 3.33. The fraction of sp³-hybridized carbons (Fsp3) is 0.310. The highest BCUT2D eigenvalue weighted by atomic mass is 32.2. The van der Waals surface area contributed by atoms with Crippen molar-refractivity contribution in [1.29, 1.82) is 0 Å². The number of para-hydroxylation sites is 2. The molecule has 41 heavy (non-hydrogen) atoms. The monoisotopic (exact) mass is 574 g/mol. The first-order valence-electron chi connectivity index (χ1n) is 13.3. The van der Waals surface area contributed by atoms with Crippen LogP contribution in [0.3, 0.4) is 0 Å². The number of imidazole rings is 1. The summed E-state index contributed by atoms with van der Waals surface area (Å²) >= 11 is 0. The molecule has 2 N–H and O–H groups in total. The van der Waals surface area contributed by atoms with E-state index in [-0.39, 0.29) is 5.91 Å². The lowest BCUT2D eigenvalue weighted by Crippen LogP contribution is -2.41. The Morgan fingerprint density at radius 3 is 2.68 bits per heavy atom. The number of nitrogens with one attached hydrogen (secondary N) is 2. The van der Waals surface area contributed by atoms with Gasteiger partial charge in [0.05, 0.1) is 35.2 Å². The smallest absolute Gasteiger partial charge is 0.247 e. The van der Waals surface area contributed by atoms with Crippen LogP contribution < -0.4 is 20.3 Å². The third-order valence-electron chi connectivity index (χ3n) is 7.11. The predicted molar refractivity (Wildman–Crippen MR) is 164 cm³/mol. The zero-order valence-corrected chi connectivity index (χ0v) is 24.3. The minimum Gasteiger partial charge on any atom is -0.494 e. The third kappa shape index (κ3) is 6.39. The van der Waals surface area contributed by atoms with Crippen molar-refractivity contribution in [3.8, 4) is 17.3 Å². The molecule has 1 saturated heterocycles. The topological polar surface area (TPSA) is 118 Å². The Bertz CT molecular complexity index is 1590. The lowest BCUT2D eigenvalue weighted by Gasteiger charge is -2.30. The quantitative estimate of drug-likeness (QED) is 0.275. The summed E-state index contributed by atoms with van der Waals surface area (Å²) in [6.45, 7) is 6.76. The molecule has 0 unspecified atom stereocenters. The van der Waals surface area contributed by atoms with Crippen LogP contribution in [-0.4, -0.2) is 86.4 Å². The van der Waals surface area contributed by atoms with Crippen LogP contribution in [0.2, 0.25) is 0 Å². The first-order valence-corrected chi connectivity index (χ1v) is 14.8. The summed E-state index contributed by atoms with van der Waals surface area (Å²) in [4.78, 5) is 30.6. The largest absolute Gasteiger partial charge is 0.494 e. The maximum Gasteiger partial charge on any atom is 0.247 e. The van der Waals surface area contributed by atoms with E-state index in [1.165, 1.54) is 6.08 Å². The van der Waals surface area contributed by atoms with E-state index in [1.54, 1.807) is 19.4 Å². The van der Waals surface area contributed by atoms with Crippen molar-refractivity contribution in [2.24, 2.45) is 7.05 Å². The number of aromatic nitrogens is 4. The van der Waals surface area contributed by atoms with Crippen LogP contribution >= 0.6 is 0 Å². The van der Waals surface area contributed by atoms with Crippen molar-refractivity contribution in [2.45, 2.75) is 0 Å². The van der Waals surface area contributed by atoms with Gasteiger partial charge in [0.25, 0.3) is 0 Å². The lowest BCUT2D eigenvalue weighted by molar-refractivity contribution is -0.111. The third-order valence-corrected chi connectivity index (χ3v) is 8.39. The van der Waals surface area contributed by atoms with Crippen LogP contribution in [0.15, 0.2) is 61.3 Å². The summed E-state index contributed by atoms with van der Waals surface area (Å²) in [5.41, 5.74) is 4.53. The van der Waals surface area contributed by atoms with E-state index in [1.807, 2.05) is 55.1 Å². The summed E-state index contributed by atoms with van der Waals surface area (Å²) in [5, 5.41) is 6.18. The minimum absolute atomic E-state index is 0.325. The molecule has 0 bridgehead atoms. The molecule has 11 nitrogen and oxygen atoms in total. The molecule has 2 aromatic carbocycles. The highest BCUT2D eigenvalue weighted by Gasteiger charge is 2.19. The number of anilines is 4. The molecule has 0 radical (unpaired) electrons. The molecule has 0 saturated carbocycles. The van der Waals surface area contributed by atoms with E-state index in [0.29, 0.717) is 46.8 Å². The molecule has 1 amide bonds. The van der Waals surface area contributed by atoms with E-state index in [2.05, 4.69) is 32.0 Å². The average molecular weight is 575 g/mol. The van der Waals surface area contributed by atoms with Crippen molar-refractivity contribution in [3.05, 3.63) is 61.3 Å². The summed E-state index contributed by atoms with van der Waals surface area (Å²) in [6.07, 6.45) is 2.91. The number of carbonyl (C=O) groups is 1. The van der Waals surface area contributed by atoms with Crippen molar-refractivity contribution >= 4 is 50.8 Å². The molecule has 214 valence electrons. The first kappa shape index (κ1) is 28.2. The van der Waals surface area contributed by atoms with Crippen LogP contribution in [0.5, 0.6) is 5.75 Å². The number of ether oxygens (including phenoxy) is 1. The lowest BCUT2D eigenvalue weighted by atomic mass is 10.2. The van der Waals surface area contributed by atoms with Crippen LogP contribution in [0.1, 0.15) is 0 Å². The molecule has 1 aliphatic rings. The standard InChI is InChI=1S/C29H34N8O3S/c1-5-27(38)31-22-18-23(26(40-4)19-25(22)35(2)12-13-37-14-16-41(39)17-15-37)34-29-30-11-10-21(33-29)28-32-20-8-6-7-9-24(20)36(28)3/h5-11,18-19H,1,12-17H2,2-4H3,(H,31,38)(H,30,33,34). The highest BCUT2D eigenvalue weighted by molar-refractivity contribution is 7.85. The molecular formula is C29H34N8O3S. The number of carbonyl (C=O) groups excluding carboxylic acids is 1. The highest BCUT2D eigenvalue weighted by Crippen LogP contribution is 2.38. The molecule has 3 heterocycles. The van der Waals surface area contributed by atoms with Crippen molar-refractivity contribution in [2.75, 3.05) is 67.4 Å². The number of amides is 1. The summed E-state index contributed by atoms with van der Waals surface area (Å²) in [5.74, 6) is 2.73. The Morgan fingerprint density at radius 1 is 1.17 bits per heavy atom. The van der Waals surface area contributed by atoms with Gasteiger partial charge >= 0.3 is 0 Å². The number of hydrogen-bond donors (Lipinski definition) is 2. The number of fused-ring (bicyclic) bond motifs is 1. The van der Waals surface area contributed by atoms with Gasteiger partial charge in [0.15, 0.2) is 5.82 Å². The maximum absolute atomic E-state index is 12.4. The second-order valence-corrected chi connectivity index (χ2v) is 11.4. The summed E-state index contributed by atoms with van der Waals surface area (Å²) in [6, 6.07) is 13.4. The SMILES string of the molecule is C=CC(=O)Nc1cc(Nc2nccc(-c3nc4ccccc4n3C)n2)c(OC)cc1N(C)CCN1CCS(=O)CC1. The normalized spacial score (nSPS) is 14.1. The molecule has 2 aromatic heterocycles. The maximum atomic E-state index is 12.4. The second-order valence-electron chi connectivity index (χ2n) is 9.75. The summed E-state index contributed by atoms with van der Waals surface area (Å²) in [7, 11) is 4.81. The fourth-order valence-electron chi connectivity index (χ4n) is 4.79. The van der Waals surface area contributed by atoms with Crippen LogP contribution in [0, 0.1) is 0 Å². The number of hydrogen-bond acceptors (Lipinski definition) is 9. The Morgan fingerprint density at radius 2 is 1.95 bits per heavy atom. The molecule has 5 rings (SSSR count). The van der Waals surface area contributed by atoms with E-state index >= 15 is 0 Å². The number of benzene rings is 2. The van der Waals surface area contributed by atoms with Gasteiger partial charge in [0.2, 0.25) is 11.9 Å². The molecule has 4 aromatic rings. The van der Waals surface area contributed by atoms with E-state index in [0.717, 1.165) is 42.2 Å². The predicted octanol–water partition coefficient (Wildman–Crippen LogP) is 3.41. The molecule has 1 fully saturated rings. The van der Waals surface area contributed by atoms with Gasteiger partial charge in [-0.1, -0.05) is 18.7 Å². The Labute approximate surface area is 241 Å². The van der Waals surface area contributed by atoms with Gasteiger partial charge in [0.1, 0.15) is 11.4 Å². The molecule has 1 aliphatic heterocycles.